The molecule has 0 aromatic rings. The SMILES string of the molecule is N=CN.[Ge].[I]. The molecule has 0 heterocycles. The zero-order valence-corrected chi connectivity index (χ0v) is 6.79. The van der Waals surface area contributed by atoms with E-state index in [4.69, 9.17) is 5.41 Å². The molecule has 0 aliphatic heterocycles. The smallest absolute Gasteiger partial charge is 0.0765 e. The minimum atomic E-state index is 0. The Morgan fingerprint density at radius 2 is 1.60 bits per heavy atom. The van der Waals surface area contributed by atoms with Crippen molar-refractivity contribution in [3.8, 4) is 0 Å². The summed E-state index contributed by atoms with van der Waals surface area (Å²) in [5.74, 6) is 0. The first kappa shape index (κ1) is 17.2. The van der Waals surface area contributed by atoms with E-state index in [0.717, 1.165) is 6.34 Å². The molecule has 0 unspecified atom stereocenters. The van der Waals surface area contributed by atoms with Gasteiger partial charge in [-0.25, -0.2) is 0 Å². The van der Waals surface area contributed by atoms with Gasteiger partial charge in [0.25, 0.3) is 0 Å². The van der Waals surface area contributed by atoms with E-state index >= 15 is 0 Å². The zero-order chi connectivity index (χ0) is 2.71. The Balaban J connectivity index is -0.0000000200. The van der Waals surface area contributed by atoms with Crippen LogP contribution in [-0.4, -0.2) is 23.9 Å². The molecule has 0 rings (SSSR count). The van der Waals surface area contributed by atoms with Gasteiger partial charge in [-0.3, -0.25) is 5.41 Å². The summed E-state index contributed by atoms with van der Waals surface area (Å²) in [5.41, 5.74) is 4.39. The van der Waals surface area contributed by atoms with E-state index in [2.05, 4.69) is 5.73 Å². The number of rotatable bonds is 0. The number of hydrogen-bond acceptors (Lipinski definition) is 1. The second kappa shape index (κ2) is 21.9. The van der Waals surface area contributed by atoms with E-state index in [9.17, 15) is 0 Å². The normalized spacial score (nSPS) is 2.40. The van der Waals surface area contributed by atoms with Crippen molar-refractivity contribution in [1.29, 1.82) is 5.41 Å². The maximum Gasteiger partial charge on any atom is 0.0765 e. The minimum Gasteiger partial charge on any atom is -0.390 e. The van der Waals surface area contributed by atoms with E-state index in [1.165, 1.54) is 0 Å². The predicted molar refractivity (Wildman–Crippen MR) is 32.7 cm³/mol. The van der Waals surface area contributed by atoms with Crippen LogP contribution in [-0.2, 0) is 0 Å². The van der Waals surface area contributed by atoms with Crippen LogP contribution >= 0.6 is 24.0 Å². The molecule has 3 N–H and O–H groups in total. The van der Waals surface area contributed by atoms with Crippen molar-refractivity contribution >= 4 is 47.9 Å². The maximum atomic E-state index is 5.86. The van der Waals surface area contributed by atoms with Gasteiger partial charge in [-0.2, -0.15) is 0 Å². The second-order valence-corrected chi connectivity index (χ2v) is 0.167. The number of halogens is 1. The van der Waals surface area contributed by atoms with E-state index in [0.29, 0.717) is 0 Å². The molecule has 5 radical (unpaired) electrons. The summed E-state index contributed by atoms with van der Waals surface area (Å²) in [6.07, 6.45) is 0.750. The molecule has 0 saturated heterocycles. The summed E-state index contributed by atoms with van der Waals surface area (Å²) in [7, 11) is 0. The second-order valence-electron chi connectivity index (χ2n) is 0.167. The van der Waals surface area contributed by atoms with Crippen LogP contribution in [0.5, 0.6) is 0 Å². The van der Waals surface area contributed by atoms with Crippen LogP contribution in [0.15, 0.2) is 0 Å². The predicted octanol–water partition coefficient (Wildman–Crippen LogP) is 0.0571. The van der Waals surface area contributed by atoms with Crippen LogP contribution in [0.3, 0.4) is 0 Å². The molecule has 0 aromatic carbocycles. The van der Waals surface area contributed by atoms with E-state index in [1.807, 2.05) is 0 Å². The van der Waals surface area contributed by atoms with E-state index in [-0.39, 0.29) is 41.6 Å². The molecule has 4 heteroatoms. The van der Waals surface area contributed by atoms with Crippen molar-refractivity contribution in [3.05, 3.63) is 0 Å². The summed E-state index contributed by atoms with van der Waals surface area (Å²) in [6, 6.07) is 0. The number of nitrogens with two attached hydrogens (primary N) is 1. The fourth-order valence-electron chi connectivity index (χ4n) is 0. The fourth-order valence-corrected chi connectivity index (χ4v) is 0. The van der Waals surface area contributed by atoms with Gasteiger partial charge in [0.15, 0.2) is 0 Å². The Labute approximate surface area is 59.0 Å². The Bertz CT molecular complexity index is 17.1. The van der Waals surface area contributed by atoms with Gasteiger partial charge in [-0.05, 0) is 0 Å². The first-order chi connectivity index (χ1) is 1.41. The third kappa shape index (κ3) is 64.7. The zero-order valence-electron chi connectivity index (χ0n) is 2.53. The van der Waals surface area contributed by atoms with E-state index in [1.54, 1.807) is 0 Å². The summed E-state index contributed by atoms with van der Waals surface area (Å²) in [6.45, 7) is 0. The molecular weight excluding hydrogens is 240 g/mol. The number of hydrogen-bond donors (Lipinski definition) is 2. The Morgan fingerprint density at radius 1 is 1.60 bits per heavy atom. The molecule has 0 saturated carbocycles. The largest absolute Gasteiger partial charge is 0.390 e. The molecule has 0 fully saturated rings. The molecule has 0 bridgehead atoms. The molecule has 0 spiro atoms. The Hall–Kier alpha value is 0.743. The molecular formula is CH4GeIN2. The van der Waals surface area contributed by atoms with Gasteiger partial charge in [-0.1, -0.05) is 0 Å². The maximum absolute atomic E-state index is 5.86. The summed E-state index contributed by atoms with van der Waals surface area (Å²) in [5, 5.41) is 5.86. The first-order valence-corrected chi connectivity index (χ1v) is 0.622. The van der Waals surface area contributed by atoms with Gasteiger partial charge in [0, 0.05) is 41.6 Å². The summed E-state index contributed by atoms with van der Waals surface area (Å²) >= 11 is 0. The average molecular weight is 244 g/mol. The summed E-state index contributed by atoms with van der Waals surface area (Å²) in [4.78, 5) is 0. The van der Waals surface area contributed by atoms with Crippen LogP contribution in [0.25, 0.3) is 0 Å². The van der Waals surface area contributed by atoms with Crippen LogP contribution in [0, 0.1) is 5.41 Å². The van der Waals surface area contributed by atoms with Crippen molar-refractivity contribution in [2.24, 2.45) is 5.73 Å². The van der Waals surface area contributed by atoms with Gasteiger partial charge in [0.2, 0.25) is 0 Å². The standard InChI is InChI=1S/CH4N2.Ge.I/c2-1-3;;/h1H,(H3,2,3);;. The fraction of sp³-hybridized carbons (Fsp3) is 0. The molecule has 0 amide bonds. The van der Waals surface area contributed by atoms with Crippen LogP contribution < -0.4 is 5.73 Å². The van der Waals surface area contributed by atoms with Crippen molar-refractivity contribution < 1.29 is 0 Å². The Morgan fingerprint density at radius 3 is 1.60 bits per heavy atom. The first-order valence-electron chi connectivity index (χ1n) is 0.622. The molecule has 5 heavy (non-hydrogen) atoms. The van der Waals surface area contributed by atoms with Gasteiger partial charge in [-0.15, -0.1) is 0 Å². The molecule has 29 valence electrons. The third-order valence-corrected chi connectivity index (χ3v) is 0. The molecule has 0 atom stereocenters. The number of nitrogens with one attached hydrogen (secondary N) is 1. The monoisotopic (exact) mass is 245 g/mol. The molecule has 0 aliphatic rings. The molecule has 0 aliphatic carbocycles. The van der Waals surface area contributed by atoms with Crippen molar-refractivity contribution in [2.45, 2.75) is 0 Å². The quantitative estimate of drug-likeness (QED) is 0.269. The topological polar surface area (TPSA) is 49.9 Å². The molecule has 0 aromatic heterocycles. The van der Waals surface area contributed by atoms with Gasteiger partial charge >= 0.3 is 0 Å². The van der Waals surface area contributed by atoms with E-state index < -0.39 is 0 Å². The Kier molecular flexibility index (Phi) is 75.1. The average Bonchev–Trinajstić information content (AvgIpc) is 0.918. The van der Waals surface area contributed by atoms with Gasteiger partial charge in [0.1, 0.15) is 0 Å². The van der Waals surface area contributed by atoms with Crippen molar-refractivity contribution in [2.75, 3.05) is 0 Å². The summed E-state index contributed by atoms with van der Waals surface area (Å²) < 4.78 is 0. The van der Waals surface area contributed by atoms with Crippen molar-refractivity contribution in [3.63, 3.8) is 0 Å². The van der Waals surface area contributed by atoms with Crippen LogP contribution in [0.1, 0.15) is 0 Å². The molecule has 2 nitrogen and oxygen atoms in total. The minimum absolute atomic E-state index is 0. The third-order valence-electron chi connectivity index (χ3n) is 0. The van der Waals surface area contributed by atoms with Gasteiger partial charge < -0.3 is 5.73 Å². The van der Waals surface area contributed by atoms with Crippen LogP contribution in [0.2, 0.25) is 0 Å². The van der Waals surface area contributed by atoms with Gasteiger partial charge in [0.05, 0.1) is 6.34 Å². The van der Waals surface area contributed by atoms with Crippen LogP contribution in [0.4, 0.5) is 0 Å². The van der Waals surface area contributed by atoms with Crippen molar-refractivity contribution in [1.82, 2.24) is 0 Å².